The van der Waals surface area contributed by atoms with Crippen LogP contribution in [0.5, 0.6) is 0 Å². The molecule has 0 radical (unpaired) electrons. The summed E-state index contributed by atoms with van der Waals surface area (Å²) in [6, 6.07) is 9.47. The minimum absolute atomic E-state index is 0.347. The Morgan fingerprint density at radius 3 is 2.67 bits per heavy atom. The Labute approximate surface area is 109 Å². The lowest BCUT2D eigenvalue weighted by Gasteiger charge is -2.06. The van der Waals surface area contributed by atoms with Gasteiger partial charge < -0.3 is 0 Å². The Morgan fingerprint density at radius 1 is 1.06 bits per heavy atom. The van der Waals surface area contributed by atoms with Crippen molar-refractivity contribution in [1.29, 1.82) is 0 Å². The number of carbonyl (C=O) groups excluding carboxylic acids is 2. The van der Waals surface area contributed by atoms with Gasteiger partial charge in [-0.2, -0.15) is 0 Å². The van der Waals surface area contributed by atoms with E-state index in [1.165, 1.54) is 0 Å². The van der Waals surface area contributed by atoms with Crippen molar-refractivity contribution in [3.05, 3.63) is 41.5 Å². The van der Waals surface area contributed by atoms with Crippen molar-refractivity contribution in [2.75, 3.05) is 5.75 Å². The highest BCUT2D eigenvalue weighted by Crippen LogP contribution is 2.37. The number of Topliss-reactive ketones (excluding diaryl/α,β-unsaturated/α-hetero) is 2. The molecule has 2 nitrogen and oxygen atoms in total. The molecule has 0 spiro atoms. The normalized spacial score (nSPS) is 13.6. The van der Waals surface area contributed by atoms with Crippen molar-refractivity contribution in [3.8, 4) is 0 Å². The topological polar surface area (TPSA) is 34.1 Å². The molecule has 0 heterocycles. The van der Waals surface area contributed by atoms with Gasteiger partial charge in [0.15, 0.2) is 0 Å². The van der Waals surface area contributed by atoms with E-state index in [0.29, 0.717) is 11.1 Å². The fourth-order valence-corrected chi connectivity index (χ4v) is 3.27. The first kappa shape index (κ1) is 11.5. The SMILES string of the molecule is CCCSc1ccc2cccc3c2c1C(=O)C3=O. The highest BCUT2D eigenvalue weighted by atomic mass is 32.2. The summed E-state index contributed by atoms with van der Waals surface area (Å²) >= 11 is 1.65. The number of ketones is 2. The van der Waals surface area contributed by atoms with Crippen LogP contribution in [0.15, 0.2) is 35.2 Å². The quantitative estimate of drug-likeness (QED) is 0.620. The smallest absolute Gasteiger partial charge is 0.235 e. The maximum absolute atomic E-state index is 12.1. The van der Waals surface area contributed by atoms with Gasteiger partial charge in [0.2, 0.25) is 11.6 Å². The molecule has 0 aromatic heterocycles. The predicted octanol–water partition coefficient (Wildman–Crippen LogP) is 3.72. The van der Waals surface area contributed by atoms with Gasteiger partial charge >= 0.3 is 0 Å². The van der Waals surface area contributed by atoms with E-state index in [1.54, 1.807) is 17.8 Å². The molecule has 0 bridgehead atoms. The van der Waals surface area contributed by atoms with Crippen LogP contribution in [0.2, 0.25) is 0 Å². The third kappa shape index (κ3) is 1.51. The maximum atomic E-state index is 12.1. The minimum Gasteiger partial charge on any atom is -0.285 e. The largest absolute Gasteiger partial charge is 0.285 e. The van der Waals surface area contributed by atoms with Crippen LogP contribution in [0.1, 0.15) is 34.1 Å². The van der Waals surface area contributed by atoms with Crippen LogP contribution in [0.4, 0.5) is 0 Å². The van der Waals surface area contributed by atoms with E-state index < -0.39 is 0 Å². The van der Waals surface area contributed by atoms with Crippen LogP contribution < -0.4 is 0 Å². The highest BCUT2D eigenvalue weighted by molar-refractivity contribution is 7.99. The lowest BCUT2D eigenvalue weighted by molar-refractivity contribution is 0.0824. The van der Waals surface area contributed by atoms with Gasteiger partial charge in [0.05, 0.1) is 0 Å². The van der Waals surface area contributed by atoms with Gasteiger partial charge in [0, 0.05) is 21.4 Å². The molecule has 0 atom stereocenters. The summed E-state index contributed by atoms with van der Waals surface area (Å²) in [6.45, 7) is 2.10. The van der Waals surface area contributed by atoms with Crippen LogP contribution in [-0.4, -0.2) is 17.3 Å². The molecular weight excluding hydrogens is 244 g/mol. The maximum Gasteiger partial charge on any atom is 0.235 e. The summed E-state index contributed by atoms with van der Waals surface area (Å²) in [5, 5.41) is 1.82. The predicted molar refractivity (Wildman–Crippen MR) is 73.6 cm³/mol. The van der Waals surface area contributed by atoms with Crippen molar-refractivity contribution >= 4 is 34.1 Å². The van der Waals surface area contributed by atoms with E-state index in [1.807, 2.05) is 24.3 Å². The zero-order valence-electron chi connectivity index (χ0n) is 10.0. The fourth-order valence-electron chi connectivity index (χ4n) is 2.34. The van der Waals surface area contributed by atoms with Gasteiger partial charge in [0.25, 0.3) is 0 Å². The third-order valence-corrected chi connectivity index (χ3v) is 4.41. The molecule has 0 N–H and O–H groups in total. The second-order valence-electron chi connectivity index (χ2n) is 4.35. The van der Waals surface area contributed by atoms with E-state index in [-0.39, 0.29) is 11.6 Å². The standard InChI is InChI=1S/C15H12O2S/c1-2-8-18-11-7-6-9-4-3-5-10-12(9)13(11)15(17)14(10)16/h3-7H,2,8H2,1H3. The lowest BCUT2D eigenvalue weighted by Crippen LogP contribution is -2.07. The zero-order chi connectivity index (χ0) is 12.7. The number of hydrogen-bond donors (Lipinski definition) is 0. The average Bonchev–Trinajstić information content (AvgIpc) is 2.66. The summed E-state index contributed by atoms with van der Waals surface area (Å²) in [4.78, 5) is 25.0. The molecule has 1 aliphatic rings. The summed E-state index contributed by atoms with van der Waals surface area (Å²) in [5.41, 5.74) is 1.18. The van der Waals surface area contributed by atoms with Crippen LogP contribution in [0.3, 0.4) is 0 Å². The highest BCUT2D eigenvalue weighted by Gasteiger charge is 2.32. The molecule has 0 aliphatic heterocycles. The van der Waals surface area contributed by atoms with Crippen LogP contribution in [0.25, 0.3) is 10.8 Å². The van der Waals surface area contributed by atoms with Crippen LogP contribution in [0, 0.1) is 0 Å². The molecule has 18 heavy (non-hydrogen) atoms. The van der Waals surface area contributed by atoms with Crippen molar-refractivity contribution in [2.24, 2.45) is 0 Å². The van der Waals surface area contributed by atoms with E-state index >= 15 is 0 Å². The molecular formula is C15H12O2S. The number of thioether (sulfide) groups is 1. The molecule has 0 amide bonds. The monoisotopic (exact) mass is 256 g/mol. The van der Waals surface area contributed by atoms with Crippen molar-refractivity contribution in [1.82, 2.24) is 0 Å². The van der Waals surface area contributed by atoms with E-state index in [4.69, 9.17) is 0 Å². The van der Waals surface area contributed by atoms with Gasteiger partial charge in [-0.05, 0) is 23.6 Å². The van der Waals surface area contributed by atoms with Crippen molar-refractivity contribution < 1.29 is 9.59 Å². The molecule has 2 aromatic carbocycles. The van der Waals surface area contributed by atoms with Gasteiger partial charge in [-0.25, -0.2) is 0 Å². The first-order valence-corrected chi connectivity index (χ1v) is 7.00. The summed E-state index contributed by atoms with van der Waals surface area (Å²) in [6.07, 6.45) is 1.05. The summed E-state index contributed by atoms with van der Waals surface area (Å²) in [7, 11) is 0. The third-order valence-electron chi connectivity index (χ3n) is 3.15. The number of carbonyl (C=O) groups is 2. The van der Waals surface area contributed by atoms with Crippen LogP contribution >= 0.6 is 11.8 Å². The second-order valence-corrected chi connectivity index (χ2v) is 5.49. The molecule has 90 valence electrons. The molecule has 1 aliphatic carbocycles. The fraction of sp³-hybridized carbons (Fsp3) is 0.200. The molecule has 0 saturated carbocycles. The van der Waals surface area contributed by atoms with E-state index in [9.17, 15) is 9.59 Å². The Bertz CT molecular complexity index is 673. The summed E-state index contributed by atoms with van der Waals surface area (Å²) < 4.78 is 0. The van der Waals surface area contributed by atoms with Gasteiger partial charge in [-0.15, -0.1) is 11.8 Å². The first-order chi connectivity index (χ1) is 8.74. The molecule has 0 saturated heterocycles. The van der Waals surface area contributed by atoms with E-state index in [2.05, 4.69) is 6.92 Å². The zero-order valence-corrected chi connectivity index (χ0v) is 10.8. The molecule has 3 rings (SSSR count). The molecule has 3 heteroatoms. The van der Waals surface area contributed by atoms with Crippen molar-refractivity contribution in [2.45, 2.75) is 18.2 Å². The Balaban J connectivity index is 2.29. The average molecular weight is 256 g/mol. The number of rotatable bonds is 3. The Morgan fingerprint density at radius 2 is 1.89 bits per heavy atom. The minimum atomic E-state index is -0.361. The van der Waals surface area contributed by atoms with Crippen molar-refractivity contribution in [3.63, 3.8) is 0 Å². The first-order valence-electron chi connectivity index (χ1n) is 6.01. The molecule has 0 fully saturated rings. The van der Waals surface area contributed by atoms with Crippen LogP contribution in [-0.2, 0) is 0 Å². The molecule has 0 unspecified atom stereocenters. The number of benzene rings is 2. The summed E-state index contributed by atoms with van der Waals surface area (Å²) in [5.74, 6) is 0.253. The molecule has 2 aromatic rings. The second kappa shape index (κ2) is 4.25. The Hall–Kier alpha value is -1.61. The lowest BCUT2D eigenvalue weighted by atomic mass is 10.1. The van der Waals surface area contributed by atoms with Gasteiger partial charge in [-0.1, -0.05) is 31.2 Å². The van der Waals surface area contributed by atoms with E-state index in [0.717, 1.165) is 27.8 Å². The van der Waals surface area contributed by atoms with Gasteiger partial charge in [0.1, 0.15) is 0 Å². The Kier molecular flexibility index (Phi) is 2.71. The van der Waals surface area contributed by atoms with Gasteiger partial charge in [-0.3, -0.25) is 9.59 Å². The number of hydrogen-bond acceptors (Lipinski definition) is 3.